The number of ether oxygens (including phenoxy) is 1. The Kier molecular flexibility index (Phi) is 6.45. The summed E-state index contributed by atoms with van der Waals surface area (Å²) in [5.41, 5.74) is 0.232. The fourth-order valence-corrected chi connectivity index (χ4v) is 5.84. The number of nitrogens with one attached hydrogen (secondary N) is 1. The molecule has 0 atom stereocenters. The molecule has 2 aliphatic rings. The molecule has 2 aromatic rings. The maximum absolute atomic E-state index is 13.2. The number of fused-ring (bicyclic) bond motifs is 1. The molecule has 4 rings (SSSR count). The van der Waals surface area contributed by atoms with Gasteiger partial charge in [0.2, 0.25) is 15.5 Å². The molecule has 0 bridgehead atoms. The number of pyridine rings is 1. The Bertz CT molecular complexity index is 1130. The first-order valence-corrected chi connectivity index (χ1v) is 12.4. The lowest BCUT2D eigenvalue weighted by molar-refractivity contribution is 0.0730. The van der Waals surface area contributed by atoms with Gasteiger partial charge in [-0.1, -0.05) is 19.3 Å². The minimum atomic E-state index is -3.74. The van der Waals surface area contributed by atoms with Gasteiger partial charge in [-0.15, -0.1) is 0 Å². The van der Waals surface area contributed by atoms with E-state index in [0.29, 0.717) is 25.3 Å². The highest BCUT2D eigenvalue weighted by molar-refractivity contribution is 7.89. The summed E-state index contributed by atoms with van der Waals surface area (Å²) in [7, 11) is -3.74. The zero-order valence-electron chi connectivity index (χ0n) is 17.8. The predicted octanol–water partition coefficient (Wildman–Crippen LogP) is 2.10. The first-order valence-electron chi connectivity index (χ1n) is 11.0. The molecule has 1 aliphatic carbocycles. The molecule has 31 heavy (non-hydrogen) atoms. The maximum atomic E-state index is 13.2. The van der Waals surface area contributed by atoms with E-state index < -0.39 is 15.5 Å². The van der Waals surface area contributed by atoms with Gasteiger partial charge in [-0.2, -0.15) is 4.31 Å². The van der Waals surface area contributed by atoms with Gasteiger partial charge >= 0.3 is 0 Å². The van der Waals surface area contributed by atoms with Gasteiger partial charge in [0.1, 0.15) is 5.56 Å². The Balaban J connectivity index is 1.74. The van der Waals surface area contributed by atoms with Gasteiger partial charge in [0.05, 0.1) is 23.6 Å². The lowest BCUT2D eigenvalue weighted by Gasteiger charge is -2.26. The molecule has 0 radical (unpaired) electrons. The molecule has 0 spiro atoms. The lowest BCUT2D eigenvalue weighted by Crippen LogP contribution is -2.40. The third-order valence-electron chi connectivity index (χ3n) is 6.19. The van der Waals surface area contributed by atoms with E-state index in [-0.39, 0.29) is 40.9 Å². The smallest absolute Gasteiger partial charge is 0.256 e. The topological polar surface area (TPSA) is 97.7 Å². The van der Waals surface area contributed by atoms with Crippen LogP contribution in [0, 0.1) is 0 Å². The summed E-state index contributed by atoms with van der Waals surface area (Å²) in [6, 6.07) is 4.67. The molecule has 1 aromatic carbocycles. The van der Waals surface area contributed by atoms with E-state index in [9.17, 15) is 18.0 Å². The summed E-state index contributed by atoms with van der Waals surface area (Å²) in [4.78, 5) is 26.2. The van der Waals surface area contributed by atoms with Crippen LogP contribution in [0.5, 0.6) is 0 Å². The Morgan fingerprint density at radius 1 is 1.16 bits per heavy atom. The van der Waals surface area contributed by atoms with Gasteiger partial charge in [-0.3, -0.25) is 9.59 Å². The minimum absolute atomic E-state index is 0.0563. The molecule has 1 saturated carbocycles. The van der Waals surface area contributed by atoms with Crippen LogP contribution < -0.4 is 10.7 Å². The van der Waals surface area contributed by atoms with Crippen molar-refractivity contribution in [2.45, 2.75) is 56.5 Å². The SMILES string of the molecule is CCn1cc(C(=O)NC2CCCCC2)c(=O)c2cc(S(=O)(=O)N3CCOCC3)ccc21. The van der Waals surface area contributed by atoms with Crippen molar-refractivity contribution in [3.05, 3.63) is 40.2 Å². The predicted molar refractivity (Wildman–Crippen MR) is 118 cm³/mol. The highest BCUT2D eigenvalue weighted by Gasteiger charge is 2.27. The van der Waals surface area contributed by atoms with Crippen LogP contribution in [-0.2, 0) is 21.3 Å². The number of rotatable bonds is 5. The monoisotopic (exact) mass is 447 g/mol. The first-order chi connectivity index (χ1) is 14.9. The summed E-state index contributed by atoms with van der Waals surface area (Å²) in [6.07, 6.45) is 6.74. The molecule has 1 amide bonds. The number of sulfonamides is 1. The quantitative estimate of drug-likeness (QED) is 0.757. The summed E-state index contributed by atoms with van der Waals surface area (Å²) in [5, 5.41) is 3.24. The number of aromatic nitrogens is 1. The Morgan fingerprint density at radius 3 is 2.55 bits per heavy atom. The minimum Gasteiger partial charge on any atom is -0.379 e. The number of hydrogen-bond donors (Lipinski definition) is 1. The van der Waals surface area contributed by atoms with E-state index in [2.05, 4.69) is 5.32 Å². The summed E-state index contributed by atoms with van der Waals surface area (Å²) in [5.74, 6) is -0.387. The number of carbonyl (C=O) groups excluding carboxylic acids is 1. The zero-order valence-corrected chi connectivity index (χ0v) is 18.6. The molecule has 2 fully saturated rings. The normalized spacial score (nSPS) is 18.9. The largest absolute Gasteiger partial charge is 0.379 e. The molecule has 8 nitrogen and oxygen atoms in total. The van der Waals surface area contributed by atoms with Crippen molar-refractivity contribution >= 4 is 26.8 Å². The third-order valence-corrected chi connectivity index (χ3v) is 8.08. The number of aryl methyl sites for hydroxylation is 1. The molecular formula is C22H29N3O5S. The number of amides is 1. The Hall–Kier alpha value is -2.23. The summed E-state index contributed by atoms with van der Waals surface area (Å²) in [6.45, 7) is 3.73. The molecule has 1 N–H and O–H groups in total. The second-order valence-corrected chi connectivity index (χ2v) is 10.1. The van der Waals surface area contributed by atoms with Gasteiger partial charge in [0.15, 0.2) is 0 Å². The van der Waals surface area contributed by atoms with Crippen molar-refractivity contribution in [2.24, 2.45) is 0 Å². The number of benzene rings is 1. The van der Waals surface area contributed by atoms with Crippen LogP contribution in [0.1, 0.15) is 49.4 Å². The molecule has 1 aliphatic heterocycles. The van der Waals surface area contributed by atoms with Crippen LogP contribution in [0.3, 0.4) is 0 Å². The van der Waals surface area contributed by atoms with Crippen LogP contribution in [0.2, 0.25) is 0 Å². The lowest BCUT2D eigenvalue weighted by atomic mass is 9.95. The second kappa shape index (κ2) is 9.10. The van der Waals surface area contributed by atoms with Crippen molar-refractivity contribution in [3.8, 4) is 0 Å². The zero-order chi connectivity index (χ0) is 22.0. The summed E-state index contributed by atoms with van der Waals surface area (Å²) < 4.78 is 34.6. The molecule has 2 heterocycles. The summed E-state index contributed by atoms with van der Waals surface area (Å²) >= 11 is 0. The van der Waals surface area contributed by atoms with E-state index in [0.717, 1.165) is 25.7 Å². The fraction of sp³-hybridized carbons (Fsp3) is 0.545. The van der Waals surface area contributed by atoms with Gasteiger partial charge in [0.25, 0.3) is 5.91 Å². The highest BCUT2D eigenvalue weighted by atomic mass is 32.2. The number of carbonyl (C=O) groups is 1. The number of hydrogen-bond acceptors (Lipinski definition) is 5. The average Bonchev–Trinajstić information content (AvgIpc) is 2.80. The van der Waals surface area contributed by atoms with Crippen molar-refractivity contribution in [2.75, 3.05) is 26.3 Å². The molecular weight excluding hydrogens is 418 g/mol. The molecule has 1 saturated heterocycles. The van der Waals surface area contributed by atoms with Crippen LogP contribution in [0.15, 0.2) is 34.1 Å². The molecule has 0 unspecified atom stereocenters. The molecule has 1 aromatic heterocycles. The van der Waals surface area contributed by atoms with Crippen molar-refractivity contribution in [1.82, 2.24) is 14.2 Å². The van der Waals surface area contributed by atoms with Gasteiger partial charge < -0.3 is 14.6 Å². The average molecular weight is 448 g/mol. The Morgan fingerprint density at radius 2 is 1.87 bits per heavy atom. The van der Waals surface area contributed by atoms with Gasteiger partial charge in [-0.25, -0.2) is 8.42 Å². The van der Waals surface area contributed by atoms with Crippen LogP contribution in [0.25, 0.3) is 10.9 Å². The van der Waals surface area contributed by atoms with Crippen LogP contribution >= 0.6 is 0 Å². The number of morpholine rings is 1. The van der Waals surface area contributed by atoms with E-state index in [1.165, 1.54) is 22.9 Å². The standard InChI is InChI=1S/C22H29N3O5S/c1-2-24-15-19(22(27)23-16-6-4-3-5-7-16)21(26)18-14-17(8-9-20(18)24)31(28,29)25-10-12-30-13-11-25/h8-9,14-16H,2-7,10-13H2,1H3,(H,23,27). The van der Waals surface area contributed by atoms with Gasteiger partial charge in [0, 0.05) is 37.3 Å². The number of nitrogens with zero attached hydrogens (tertiary/aromatic N) is 2. The second-order valence-electron chi connectivity index (χ2n) is 8.16. The Labute approximate surface area is 182 Å². The van der Waals surface area contributed by atoms with Gasteiger partial charge in [-0.05, 0) is 38.0 Å². The van der Waals surface area contributed by atoms with Crippen LogP contribution in [-0.4, -0.2) is 55.5 Å². The van der Waals surface area contributed by atoms with Crippen LogP contribution in [0.4, 0.5) is 0 Å². The maximum Gasteiger partial charge on any atom is 0.256 e. The van der Waals surface area contributed by atoms with E-state index >= 15 is 0 Å². The fourth-order valence-electron chi connectivity index (χ4n) is 4.41. The molecule has 168 valence electrons. The van der Waals surface area contributed by atoms with E-state index in [1.54, 1.807) is 12.3 Å². The van der Waals surface area contributed by atoms with Crippen molar-refractivity contribution in [1.29, 1.82) is 0 Å². The van der Waals surface area contributed by atoms with E-state index in [4.69, 9.17) is 4.74 Å². The van der Waals surface area contributed by atoms with Crippen molar-refractivity contribution < 1.29 is 17.9 Å². The first kappa shape index (κ1) is 22.0. The third kappa shape index (κ3) is 4.40. The van der Waals surface area contributed by atoms with E-state index in [1.807, 2.05) is 11.5 Å². The molecule has 9 heteroatoms. The highest BCUT2D eigenvalue weighted by Crippen LogP contribution is 2.22. The van der Waals surface area contributed by atoms with Crippen molar-refractivity contribution in [3.63, 3.8) is 0 Å².